The predicted molar refractivity (Wildman–Crippen MR) is 295 cm³/mol. The van der Waals surface area contributed by atoms with Crippen LogP contribution >= 0.6 is 17.0 Å². The van der Waals surface area contributed by atoms with Crippen LogP contribution in [0.4, 0.5) is 0 Å². The van der Waals surface area contributed by atoms with Crippen molar-refractivity contribution in [1.82, 2.24) is 0 Å². The molecule has 68 heavy (non-hydrogen) atoms. The smallest absolute Gasteiger partial charge is 0.0920 e. The normalized spacial score (nSPS) is 11.3. The molecule has 0 saturated carbocycles. The molecule has 2 radical (unpaired) electrons. The predicted octanol–water partition coefficient (Wildman–Crippen LogP) is 17.8. The molecule has 0 unspecified atom stereocenters. The number of benzene rings is 8. The Kier molecular flexibility index (Phi) is 16.2. The molecule has 10 aromatic carbocycles. The molecule has 0 atom stereocenters. The van der Waals surface area contributed by atoms with Gasteiger partial charge in [0.2, 0.25) is 0 Å². The molecule has 0 nitrogen and oxygen atoms in total. The van der Waals surface area contributed by atoms with E-state index in [4.69, 9.17) is 17.0 Å². The number of halogens is 2. The van der Waals surface area contributed by atoms with E-state index in [1.807, 2.05) is 6.07 Å². The second-order valence-corrected chi connectivity index (χ2v) is 23.6. The van der Waals surface area contributed by atoms with Crippen LogP contribution in [0, 0.1) is 33.8 Å². The number of aryl methyl sites for hydroxylation is 4. The van der Waals surface area contributed by atoms with Gasteiger partial charge in [0.25, 0.3) is 0 Å². The van der Waals surface area contributed by atoms with Crippen molar-refractivity contribution in [2.45, 2.75) is 67.2 Å². The van der Waals surface area contributed by atoms with Crippen LogP contribution in [0.5, 0.6) is 0 Å². The van der Waals surface area contributed by atoms with E-state index >= 15 is 0 Å². The maximum atomic E-state index is 4.93. The molecule has 4 heteroatoms. The molecule has 338 valence electrons. The average molecular weight is 1020 g/mol. The van der Waals surface area contributed by atoms with Gasteiger partial charge in [0, 0.05) is 0 Å². The number of rotatable bonds is 6. The van der Waals surface area contributed by atoms with Crippen molar-refractivity contribution in [1.29, 1.82) is 0 Å². The molecule has 0 spiro atoms. The Morgan fingerprint density at radius 1 is 0.441 bits per heavy atom. The second kappa shape index (κ2) is 22.4. The average Bonchev–Trinajstić information content (AvgIpc) is 4.08. The van der Waals surface area contributed by atoms with E-state index in [9.17, 15) is 0 Å². The standard InChI is InChI=1S/2C26H25.C12H7Si.2ClH.Zr/c2*1-17(2)22-15-21-10-11-24(20-8-6-5-7-9-20)26(25(21)16-22)23-13-18(3)12-19(4)14-23;1-3-7-11-9(5-1)10-6-2-4-8-12(10)13-11;;;/h2*5-17H,1-4H3;1-7H;2*1H;/q3*-1;;;+2/p-2. The summed E-state index contributed by atoms with van der Waals surface area (Å²) < 4.78 is 0. The third-order valence-corrected chi connectivity index (χ3v) is 14.1. The number of hydrogen-bond acceptors (Lipinski definition) is 0. The molecule has 0 bridgehead atoms. The third kappa shape index (κ3) is 11.2. The molecule has 11 rings (SSSR count). The Morgan fingerprint density at radius 3 is 1.29 bits per heavy atom. The topological polar surface area (TPSA) is 0 Å². The fraction of sp³-hybridized carbons (Fsp3) is 0.156. The van der Waals surface area contributed by atoms with Crippen molar-refractivity contribution in [3.05, 3.63) is 228 Å². The molecule has 0 saturated heterocycles. The third-order valence-electron chi connectivity index (χ3n) is 12.7. The van der Waals surface area contributed by atoms with Gasteiger partial charge in [0.1, 0.15) is 0 Å². The summed E-state index contributed by atoms with van der Waals surface area (Å²) >= 11 is -0.826. The fourth-order valence-corrected chi connectivity index (χ4v) is 10.9. The first-order valence-electron chi connectivity index (χ1n) is 23.5. The zero-order chi connectivity index (χ0) is 47.9. The van der Waals surface area contributed by atoms with E-state index in [1.54, 1.807) is 0 Å². The van der Waals surface area contributed by atoms with Crippen molar-refractivity contribution < 1.29 is 20.8 Å². The Bertz CT molecular complexity index is 3040. The second-order valence-electron chi connectivity index (χ2n) is 18.6. The van der Waals surface area contributed by atoms with E-state index in [0.717, 1.165) is 9.52 Å². The minimum absolute atomic E-state index is 0.537. The van der Waals surface area contributed by atoms with Crippen molar-refractivity contribution >= 4 is 58.5 Å². The summed E-state index contributed by atoms with van der Waals surface area (Å²) in [6.07, 6.45) is 0. The summed E-state index contributed by atoms with van der Waals surface area (Å²) in [5, 5.41) is 8.22. The van der Waals surface area contributed by atoms with E-state index in [0.29, 0.717) is 11.8 Å². The van der Waals surface area contributed by atoms with Crippen molar-refractivity contribution in [3.63, 3.8) is 0 Å². The molecule has 0 N–H and O–H groups in total. The van der Waals surface area contributed by atoms with E-state index < -0.39 is 20.8 Å². The molecule has 1 heterocycles. The van der Waals surface area contributed by atoms with Crippen LogP contribution in [-0.4, -0.2) is 9.52 Å². The van der Waals surface area contributed by atoms with Gasteiger partial charge >= 0.3 is 37.9 Å². The van der Waals surface area contributed by atoms with Crippen LogP contribution < -0.4 is 10.4 Å². The molecule has 0 fully saturated rings. The first kappa shape index (κ1) is 49.1. The van der Waals surface area contributed by atoms with Crippen molar-refractivity contribution in [2.24, 2.45) is 0 Å². The summed E-state index contributed by atoms with van der Waals surface area (Å²) in [5.41, 5.74) is 21.3. The number of hydrogen-bond donors (Lipinski definition) is 0. The summed E-state index contributed by atoms with van der Waals surface area (Å²) in [4.78, 5) is 0. The SMILES string of the molecule is Cc1cc(C)cc(-c2c(-c3ccccc3)ccc3[cH-]c(C(C)C)cc23)c1.Cc1cc(C)cc(-c2c(-c3ccccc3)ccc3[cH-]c(C(C)C)cc23)c1.[Cl][Zr][Cl].[c-]1cccc2c1[Si]c1ccccc1-2. The van der Waals surface area contributed by atoms with Gasteiger partial charge in [-0.1, -0.05) is 205 Å². The van der Waals surface area contributed by atoms with E-state index in [1.165, 1.54) is 121 Å². The van der Waals surface area contributed by atoms with Crippen LogP contribution in [-0.2, 0) is 20.8 Å². The molecule has 1 aliphatic heterocycles. The first-order valence-corrected chi connectivity index (χ1v) is 30.8. The summed E-state index contributed by atoms with van der Waals surface area (Å²) in [6, 6.07) is 72.0. The molecule has 10 aromatic rings. The van der Waals surface area contributed by atoms with Gasteiger partial charge in [-0.3, -0.25) is 0 Å². The van der Waals surface area contributed by atoms with Crippen molar-refractivity contribution in [3.8, 4) is 55.6 Å². The van der Waals surface area contributed by atoms with Crippen LogP contribution in [0.15, 0.2) is 188 Å². The largest absolute Gasteiger partial charge is 0.184 e. The first-order chi connectivity index (χ1) is 32.9. The maximum absolute atomic E-state index is 4.93. The molecular formula is C64H57Cl2SiZr-3. The fourth-order valence-electron chi connectivity index (χ4n) is 9.58. The monoisotopic (exact) mass is 1010 g/mol. The quantitative estimate of drug-likeness (QED) is 0.115. The van der Waals surface area contributed by atoms with E-state index in [2.05, 4.69) is 243 Å². The van der Waals surface area contributed by atoms with Gasteiger partial charge in [-0.2, -0.15) is 41.6 Å². The molecule has 0 aliphatic carbocycles. The Labute approximate surface area is 426 Å². The Hall–Kier alpha value is -5.34. The van der Waals surface area contributed by atoms with Gasteiger partial charge in [-0.15, -0.1) is 62.5 Å². The maximum Gasteiger partial charge on any atom is 0.0920 e. The zero-order valence-corrected chi connectivity index (χ0v) is 45.3. The summed E-state index contributed by atoms with van der Waals surface area (Å²) in [7, 11) is 10.7. The van der Waals surface area contributed by atoms with Crippen LogP contribution in [0.3, 0.4) is 0 Å². The van der Waals surface area contributed by atoms with E-state index in [-0.39, 0.29) is 0 Å². The Balaban J connectivity index is 0.000000140. The summed E-state index contributed by atoms with van der Waals surface area (Å²) in [6.45, 7) is 17.8. The number of fused-ring (bicyclic) bond motifs is 5. The van der Waals surface area contributed by atoms with Gasteiger partial charge in [0.15, 0.2) is 0 Å². The molecule has 1 aliphatic rings. The van der Waals surface area contributed by atoms with Crippen LogP contribution in [0.2, 0.25) is 0 Å². The van der Waals surface area contributed by atoms with Gasteiger partial charge in [-0.25, -0.2) is 0 Å². The minimum Gasteiger partial charge on any atom is -0.184 e. The zero-order valence-electron chi connectivity index (χ0n) is 40.3. The summed E-state index contributed by atoms with van der Waals surface area (Å²) in [5.74, 6) is 1.07. The van der Waals surface area contributed by atoms with Crippen LogP contribution in [0.1, 0.15) is 72.9 Å². The van der Waals surface area contributed by atoms with Gasteiger partial charge in [0.05, 0.1) is 9.52 Å². The van der Waals surface area contributed by atoms with Crippen LogP contribution in [0.25, 0.3) is 77.2 Å². The molecule has 0 aromatic heterocycles. The Morgan fingerprint density at radius 2 is 0.853 bits per heavy atom. The van der Waals surface area contributed by atoms with Crippen molar-refractivity contribution in [2.75, 3.05) is 0 Å². The minimum atomic E-state index is -0.826. The molecular weight excluding hydrogens is 959 g/mol. The molecule has 0 amide bonds. The van der Waals surface area contributed by atoms with Gasteiger partial charge < -0.3 is 0 Å². The van der Waals surface area contributed by atoms with Gasteiger partial charge in [-0.05, 0) is 72.9 Å².